The number of rotatable bonds is 5. The molecule has 5 N–H and O–H groups in total. The molecule has 0 saturated carbocycles. The number of nitrogens with one attached hydrogen (secondary N) is 1. The summed E-state index contributed by atoms with van der Waals surface area (Å²) in [6.45, 7) is 4.66. The number of aromatic hydroxyl groups is 1. The lowest BCUT2D eigenvalue weighted by atomic mass is 9.94. The van der Waals surface area contributed by atoms with Gasteiger partial charge in [-0.25, -0.2) is 14.8 Å². The molecule has 1 unspecified atom stereocenters. The number of phenolic OH excluding ortho intramolecular Hbond substituents is 1. The van der Waals surface area contributed by atoms with Crippen molar-refractivity contribution in [2.24, 2.45) is 0 Å². The van der Waals surface area contributed by atoms with Crippen molar-refractivity contribution < 1.29 is 19.7 Å². The number of aliphatic carboxylic acids is 1. The molecule has 27 heavy (non-hydrogen) atoms. The largest absolute Gasteiger partial charge is 0.507 e. The molecule has 0 spiro atoms. The molecule has 1 aliphatic rings. The predicted octanol–water partition coefficient (Wildman–Crippen LogP) is 2.14. The summed E-state index contributed by atoms with van der Waals surface area (Å²) in [5, 5.41) is 23.1. The molecule has 8 heteroatoms. The van der Waals surface area contributed by atoms with Gasteiger partial charge in [-0.2, -0.15) is 0 Å². The number of nitrogen functional groups attached to an aromatic ring is 1. The van der Waals surface area contributed by atoms with Crippen LogP contribution in [0.4, 0.5) is 5.95 Å². The lowest BCUT2D eigenvalue weighted by Gasteiger charge is -2.24. The number of aromatic nitrogens is 2. The third-order valence-corrected chi connectivity index (χ3v) is 4.62. The third-order valence-electron chi connectivity index (χ3n) is 4.62. The summed E-state index contributed by atoms with van der Waals surface area (Å²) in [5.41, 5.74) is 5.93. The van der Waals surface area contributed by atoms with Crippen LogP contribution in [-0.2, 0) is 4.79 Å². The van der Waals surface area contributed by atoms with Gasteiger partial charge in [0.05, 0.1) is 17.0 Å². The van der Waals surface area contributed by atoms with Crippen LogP contribution in [0.1, 0.15) is 38.3 Å². The second-order valence-corrected chi connectivity index (χ2v) is 7.15. The zero-order valence-electron chi connectivity index (χ0n) is 15.4. The van der Waals surface area contributed by atoms with Crippen molar-refractivity contribution in [3.8, 4) is 22.8 Å². The lowest BCUT2D eigenvalue weighted by Crippen LogP contribution is -2.38. The Kier molecular flexibility index (Phi) is 5.18. The average Bonchev–Trinajstić information content (AvgIpc) is 2.61. The molecule has 1 atom stereocenters. The van der Waals surface area contributed by atoms with E-state index in [0.717, 1.165) is 31.6 Å². The Bertz CT molecular complexity index is 848. The number of anilines is 1. The van der Waals surface area contributed by atoms with E-state index < -0.39 is 11.6 Å². The Morgan fingerprint density at radius 3 is 2.81 bits per heavy atom. The summed E-state index contributed by atoms with van der Waals surface area (Å²) >= 11 is 0. The number of piperidine rings is 1. The van der Waals surface area contributed by atoms with Gasteiger partial charge in [-0.3, -0.25) is 0 Å². The van der Waals surface area contributed by atoms with Gasteiger partial charge < -0.3 is 26.0 Å². The van der Waals surface area contributed by atoms with Crippen LogP contribution in [0.3, 0.4) is 0 Å². The van der Waals surface area contributed by atoms with Crippen LogP contribution in [-0.4, -0.2) is 44.8 Å². The van der Waals surface area contributed by atoms with Gasteiger partial charge >= 0.3 is 5.97 Å². The van der Waals surface area contributed by atoms with E-state index in [1.54, 1.807) is 18.2 Å². The Morgan fingerprint density at radius 1 is 1.37 bits per heavy atom. The molecule has 1 aromatic carbocycles. The van der Waals surface area contributed by atoms with Crippen molar-refractivity contribution in [1.29, 1.82) is 0 Å². The normalized spacial score (nSPS) is 17.5. The summed E-state index contributed by atoms with van der Waals surface area (Å²) < 4.78 is 5.68. The van der Waals surface area contributed by atoms with Crippen molar-refractivity contribution in [2.75, 3.05) is 18.8 Å². The van der Waals surface area contributed by atoms with Gasteiger partial charge in [0.1, 0.15) is 11.5 Å². The Morgan fingerprint density at radius 2 is 2.15 bits per heavy atom. The van der Waals surface area contributed by atoms with E-state index >= 15 is 0 Å². The molecule has 1 saturated heterocycles. The van der Waals surface area contributed by atoms with E-state index in [4.69, 9.17) is 10.5 Å². The van der Waals surface area contributed by atoms with Crippen LogP contribution in [0, 0.1) is 0 Å². The molecule has 8 nitrogen and oxygen atoms in total. The van der Waals surface area contributed by atoms with Gasteiger partial charge in [0.2, 0.25) is 5.95 Å². The van der Waals surface area contributed by atoms with E-state index in [-0.39, 0.29) is 23.4 Å². The van der Waals surface area contributed by atoms with Crippen LogP contribution in [0.2, 0.25) is 0 Å². The molecule has 0 amide bonds. The smallest absolute Gasteiger partial charge is 0.347 e. The molecule has 2 heterocycles. The molecule has 0 radical (unpaired) electrons. The highest BCUT2D eigenvalue weighted by Crippen LogP contribution is 2.39. The highest BCUT2D eigenvalue weighted by Gasteiger charge is 2.31. The number of carbonyl (C=O) groups is 1. The fraction of sp³-hybridized carbons (Fsp3) is 0.421. The van der Waals surface area contributed by atoms with E-state index in [0.29, 0.717) is 11.3 Å². The number of nitrogens with two attached hydrogens (primary N) is 1. The first-order valence-electron chi connectivity index (χ1n) is 8.88. The second kappa shape index (κ2) is 7.40. The van der Waals surface area contributed by atoms with Gasteiger partial charge in [-0.1, -0.05) is 6.07 Å². The van der Waals surface area contributed by atoms with Crippen LogP contribution >= 0.6 is 0 Å². The topological polar surface area (TPSA) is 131 Å². The molecule has 144 valence electrons. The minimum Gasteiger partial charge on any atom is -0.507 e. The molecular weight excluding hydrogens is 348 g/mol. The number of nitrogens with zero attached hydrogens (tertiary/aromatic N) is 2. The maximum atomic E-state index is 11.4. The molecular formula is C19H24N4O4. The highest BCUT2D eigenvalue weighted by molar-refractivity contribution is 5.79. The second-order valence-electron chi connectivity index (χ2n) is 7.15. The number of hydrogen-bond donors (Lipinski definition) is 4. The summed E-state index contributed by atoms with van der Waals surface area (Å²) in [7, 11) is 0. The van der Waals surface area contributed by atoms with Crippen molar-refractivity contribution in [2.45, 2.75) is 38.2 Å². The quantitative estimate of drug-likeness (QED) is 0.628. The first-order chi connectivity index (χ1) is 12.8. The zero-order valence-corrected chi connectivity index (χ0v) is 15.4. The highest BCUT2D eigenvalue weighted by atomic mass is 16.5. The standard InChI is InChI=1S/C19H24N4O4/c1-19(2,17(25)26)27-15-7-3-6-14(24)16(15)13-9-12(22-18(20)23-13)11-5-4-8-21-10-11/h3,6-7,9,11,21,24H,4-5,8,10H2,1-2H3,(H,25,26)(H2,20,22,23). The van der Waals surface area contributed by atoms with Crippen molar-refractivity contribution in [3.63, 3.8) is 0 Å². The zero-order chi connectivity index (χ0) is 19.6. The van der Waals surface area contributed by atoms with Crippen LogP contribution in [0.5, 0.6) is 11.5 Å². The van der Waals surface area contributed by atoms with Crippen LogP contribution < -0.4 is 15.8 Å². The summed E-state index contributed by atoms with van der Waals surface area (Å²) in [6, 6.07) is 6.46. The van der Waals surface area contributed by atoms with Crippen LogP contribution in [0.25, 0.3) is 11.3 Å². The van der Waals surface area contributed by atoms with Crippen molar-refractivity contribution in [3.05, 3.63) is 30.0 Å². The van der Waals surface area contributed by atoms with Crippen molar-refractivity contribution >= 4 is 11.9 Å². The van der Waals surface area contributed by atoms with Gasteiger partial charge in [0.15, 0.2) is 5.60 Å². The number of ether oxygens (including phenoxy) is 1. The summed E-state index contributed by atoms with van der Waals surface area (Å²) in [6.07, 6.45) is 2.03. The van der Waals surface area contributed by atoms with E-state index in [2.05, 4.69) is 15.3 Å². The maximum absolute atomic E-state index is 11.4. The van der Waals surface area contributed by atoms with Crippen molar-refractivity contribution in [1.82, 2.24) is 15.3 Å². The monoisotopic (exact) mass is 372 g/mol. The summed E-state index contributed by atoms with van der Waals surface area (Å²) in [5.74, 6) is -0.672. The van der Waals surface area contributed by atoms with Gasteiger partial charge in [-0.15, -0.1) is 0 Å². The number of carboxylic acid groups (broad SMARTS) is 1. The number of hydrogen-bond acceptors (Lipinski definition) is 7. The Hall–Kier alpha value is -2.87. The first-order valence-corrected chi connectivity index (χ1v) is 8.88. The molecule has 1 fully saturated rings. The summed E-state index contributed by atoms with van der Waals surface area (Å²) in [4.78, 5) is 20.0. The SMILES string of the molecule is CC(C)(Oc1cccc(O)c1-c1cc(C2CCCNC2)nc(N)n1)C(=O)O. The lowest BCUT2D eigenvalue weighted by molar-refractivity contribution is -0.152. The molecule has 0 aliphatic carbocycles. The number of benzene rings is 1. The maximum Gasteiger partial charge on any atom is 0.347 e. The predicted molar refractivity (Wildman–Crippen MR) is 101 cm³/mol. The average molecular weight is 372 g/mol. The first kappa shape index (κ1) is 18.9. The minimum atomic E-state index is -1.47. The Balaban J connectivity index is 2.05. The molecule has 0 bridgehead atoms. The number of phenols is 1. The van der Waals surface area contributed by atoms with Gasteiger partial charge in [0.25, 0.3) is 0 Å². The van der Waals surface area contributed by atoms with Gasteiger partial charge in [0, 0.05) is 12.5 Å². The van der Waals surface area contributed by atoms with E-state index in [1.165, 1.54) is 19.9 Å². The fourth-order valence-electron chi connectivity index (χ4n) is 3.11. The van der Waals surface area contributed by atoms with Gasteiger partial charge in [-0.05, 0) is 51.4 Å². The Labute approximate surface area is 157 Å². The fourth-order valence-corrected chi connectivity index (χ4v) is 3.11. The molecule has 2 aromatic rings. The third kappa shape index (κ3) is 4.11. The van der Waals surface area contributed by atoms with Crippen LogP contribution in [0.15, 0.2) is 24.3 Å². The van der Waals surface area contributed by atoms with E-state index in [1.807, 2.05) is 0 Å². The molecule has 1 aliphatic heterocycles. The minimum absolute atomic E-state index is 0.0699. The molecule has 3 rings (SSSR count). The van der Waals surface area contributed by atoms with E-state index in [9.17, 15) is 15.0 Å². The number of carboxylic acids is 1. The molecule has 1 aromatic heterocycles.